The Balaban J connectivity index is 2.50. The van der Waals surface area contributed by atoms with E-state index in [1.54, 1.807) is 0 Å². The van der Waals surface area contributed by atoms with Crippen LogP contribution in [0, 0.1) is 0 Å². The van der Waals surface area contributed by atoms with Crippen molar-refractivity contribution in [3.05, 3.63) is 17.5 Å². The summed E-state index contributed by atoms with van der Waals surface area (Å²) in [5.74, 6) is -1.14. The lowest BCUT2D eigenvalue weighted by atomic mass is 10.1. The number of hydrogen-bond donors (Lipinski definition) is 5. The SMILES string of the molecule is C[C@H](O)N1CCc2c(cn(C)c2C(=O)O)[N+](O)(O)N1. The second-order valence-corrected chi connectivity index (χ2v) is 4.53. The van der Waals surface area contributed by atoms with Gasteiger partial charge in [-0.05, 0) is 18.9 Å². The van der Waals surface area contributed by atoms with Crippen LogP contribution in [0.3, 0.4) is 0 Å². The van der Waals surface area contributed by atoms with Crippen molar-refractivity contribution >= 4 is 11.7 Å². The second kappa shape index (κ2) is 4.56. The van der Waals surface area contributed by atoms with E-state index in [9.17, 15) is 25.4 Å². The first-order chi connectivity index (χ1) is 8.74. The molecule has 0 saturated heterocycles. The Bertz CT molecular complexity index is 510. The average molecular weight is 273 g/mol. The number of aromatic nitrogens is 1. The summed E-state index contributed by atoms with van der Waals surface area (Å²) in [7, 11) is 1.52. The molecule has 19 heavy (non-hydrogen) atoms. The molecule has 0 aliphatic carbocycles. The molecule has 1 atom stereocenters. The van der Waals surface area contributed by atoms with Gasteiger partial charge in [-0.3, -0.25) is 0 Å². The molecule has 0 spiro atoms. The molecule has 9 nitrogen and oxygen atoms in total. The number of carboxylic acid groups (broad SMARTS) is 1. The molecule has 9 heteroatoms. The number of aliphatic hydroxyl groups is 1. The lowest BCUT2D eigenvalue weighted by molar-refractivity contribution is -0.360. The molecule has 0 radical (unpaired) electrons. The zero-order valence-corrected chi connectivity index (χ0v) is 10.6. The highest BCUT2D eigenvalue weighted by Crippen LogP contribution is 2.30. The maximum Gasteiger partial charge on any atom is 0.353 e. The predicted octanol–water partition coefficient (Wildman–Crippen LogP) is -0.575. The number of rotatable bonds is 2. The van der Waals surface area contributed by atoms with Gasteiger partial charge in [-0.2, -0.15) is 15.4 Å². The van der Waals surface area contributed by atoms with Gasteiger partial charge in [0, 0.05) is 13.6 Å². The van der Waals surface area contributed by atoms with E-state index >= 15 is 0 Å². The Labute approximate surface area is 109 Å². The number of hydrazine groups is 1. The third kappa shape index (κ3) is 2.34. The Morgan fingerprint density at radius 2 is 2.16 bits per heavy atom. The fourth-order valence-corrected chi connectivity index (χ4v) is 2.24. The van der Waals surface area contributed by atoms with Gasteiger partial charge in [0.05, 0.1) is 16.7 Å². The highest BCUT2D eigenvalue weighted by molar-refractivity contribution is 5.89. The highest BCUT2D eigenvalue weighted by atomic mass is 16.9. The summed E-state index contributed by atoms with van der Waals surface area (Å²) in [6, 6.07) is 0. The molecule has 0 fully saturated rings. The molecular weight excluding hydrogens is 256 g/mol. The summed E-state index contributed by atoms with van der Waals surface area (Å²) >= 11 is 0. The van der Waals surface area contributed by atoms with Gasteiger partial charge in [0.25, 0.3) is 0 Å². The van der Waals surface area contributed by atoms with Crippen molar-refractivity contribution in [1.29, 1.82) is 0 Å². The summed E-state index contributed by atoms with van der Waals surface area (Å²) in [5, 5.41) is 39.8. The van der Waals surface area contributed by atoms with Crippen LogP contribution in [-0.4, -0.2) is 48.9 Å². The van der Waals surface area contributed by atoms with Crippen LogP contribution in [0.2, 0.25) is 0 Å². The van der Waals surface area contributed by atoms with Gasteiger partial charge >= 0.3 is 5.97 Å². The number of nitrogens with one attached hydrogen (secondary N) is 1. The standard InChI is InChI=1S/C10H16N4O5/c1-6(15)13-4-3-7-8(14(18,19)11-13)5-12(2)9(7)10(16)17/h5-6,11,15,18-19H,3-4H2,1-2H3/p+1/t6-/m0/s1. The molecule has 0 aromatic carbocycles. The fraction of sp³-hybridized carbons (Fsp3) is 0.500. The van der Waals surface area contributed by atoms with Gasteiger partial charge in [-0.1, -0.05) is 0 Å². The fourth-order valence-electron chi connectivity index (χ4n) is 2.24. The van der Waals surface area contributed by atoms with E-state index in [1.165, 1.54) is 29.7 Å². The molecule has 0 bridgehead atoms. The van der Waals surface area contributed by atoms with E-state index < -0.39 is 17.1 Å². The van der Waals surface area contributed by atoms with Crippen LogP contribution in [0.4, 0.5) is 5.69 Å². The molecule has 1 aliphatic rings. The van der Waals surface area contributed by atoms with E-state index in [2.05, 4.69) is 5.53 Å². The smallest absolute Gasteiger partial charge is 0.353 e. The zero-order chi connectivity index (χ0) is 14.4. The Kier molecular flexibility index (Phi) is 3.34. The van der Waals surface area contributed by atoms with Crippen molar-refractivity contribution in [3.8, 4) is 0 Å². The largest absolute Gasteiger partial charge is 0.477 e. The molecule has 0 unspecified atom stereocenters. The number of carbonyl (C=O) groups is 1. The second-order valence-electron chi connectivity index (χ2n) is 4.53. The first kappa shape index (κ1) is 13.9. The van der Waals surface area contributed by atoms with Gasteiger partial charge in [0.2, 0.25) is 5.69 Å². The number of carboxylic acids is 1. The normalized spacial score (nSPS) is 20.7. The summed E-state index contributed by atoms with van der Waals surface area (Å²) in [5.41, 5.74) is 2.64. The third-order valence-electron chi connectivity index (χ3n) is 3.12. The lowest BCUT2D eigenvalue weighted by Crippen LogP contribution is -2.62. The summed E-state index contributed by atoms with van der Waals surface area (Å²) in [4.78, 5) is 9.51. The van der Waals surface area contributed by atoms with Crippen LogP contribution in [0.1, 0.15) is 23.0 Å². The Hall–Kier alpha value is -1.49. The zero-order valence-electron chi connectivity index (χ0n) is 10.6. The number of aliphatic hydroxyl groups excluding tert-OH is 1. The lowest BCUT2D eigenvalue weighted by Gasteiger charge is -2.27. The minimum absolute atomic E-state index is 0.00478. The van der Waals surface area contributed by atoms with Crippen molar-refractivity contribution in [3.63, 3.8) is 0 Å². The van der Waals surface area contributed by atoms with Crippen LogP contribution in [-0.2, 0) is 13.5 Å². The minimum atomic E-state index is -1.71. The van der Waals surface area contributed by atoms with Crippen LogP contribution in [0.5, 0.6) is 0 Å². The Morgan fingerprint density at radius 1 is 1.53 bits per heavy atom. The highest BCUT2D eigenvalue weighted by Gasteiger charge is 2.41. The van der Waals surface area contributed by atoms with Gasteiger partial charge in [0.15, 0.2) is 0 Å². The van der Waals surface area contributed by atoms with Gasteiger partial charge in [-0.15, -0.1) is 0 Å². The van der Waals surface area contributed by atoms with Crippen LogP contribution in [0.15, 0.2) is 6.20 Å². The number of hydrogen-bond acceptors (Lipinski definition) is 6. The van der Waals surface area contributed by atoms with Crippen molar-refractivity contribution in [2.45, 2.75) is 19.6 Å². The number of nitrogens with zero attached hydrogens (tertiary/aromatic N) is 3. The topological polar surface area (TPSA) is 118 Å². The minimum Gasteiger partial charge on any atom is -0.477 e. The van der Waals surface area contributed by atoms with Gasteiger partial charge in [-0.25, -0.2) is 4.79 Å². The molecule has 1 aromatic heterocycles. The van der Waals surface area contributed by atoms with Crippen molar-refractivity contribution in [1.82, 2.24) is 20.0 Å². The van der Waals surface area contributed by atoms with Crippen molar-refractivity contribution in [2.24, 2.45) is 7.05 Å². The van der Waals surface area contributed by atoms with E-state index in [1.807, 2.05) is 0 Å². The number of aromatic carboxylic acids is 1. The summed E-state index contributed by atoms with van der Waals surface area (Å²) in [6.07, 6.45) is 0.636. The van der Waals surface area contributed by atoms with E-state index in [0.717, 1.165) is 0 Å². The maximum atomic E-state index is 11.2. The Morgan fingerprint density at radius 3 is 2.68 bits per heavy atom. The van der Waals surface area contributed by atoms with Gasteiger partial charge < -0.3 is 14.8 Å². The molecule has 0 amide bonds. The number of aryl methyl sites for hydroxylation is 1. The number of fused-ring (bicyclic) bond motifs is 1. The van der Waals surface area contributed by atoms with Crippen LogP contribution in [0.25, 0.3) is 0 Å². The van der Waals surface area contributed by atoms with E-state index in [-0.39, 0.29) is 24.3 Å². The van der Waals surface area contributed by atoms with Crippen molar-refractivity contribution in [2.75, 3.05) is 6.54 Å². The molecular formula is C10H17N4O5+. The van der Waals surface area contributed by atoms with Crippen LogP contribution < -0.4 is 10.5 Å². The monoisotopic (exact) mass is 273 g/mol. The van der Waals surface area contributed by atoms with Gasteiger partial charge in [0.1, 0.15) is 11.9 Å². The van der Waals surface area contributed by atoms with Crippen molar-refractivity contribution < 1.29 is 25.4 Å². The first-order valence-electron chi connectivity index (χ1n) is 5.73. The molecule has 5 N–H and O–H groups in total. The summed E-state index contributed by atoms with van der Waals surface area (Å²) in [6.45, 7) is 1.69. The maximum absolute atomic E-state index is 11.2. The predicted molar refractivity (Wildman–Crippen MR) is 63.0 cm³/mol. The molecule has 106 valence electrons. The number of quaternary nitrogens is 1. The van der Waals surface area contributed by atoms with E-state index in [0.29, 0.717) is 5.56 Å². The quantitative estimate of drug-likeness (QED) is 0.458. The summed E-state index contributed by atoms with van der Waals surface area (Å²) < 4.78 is 1.33. The molecule has 1 aliphatic heterocycles. The first-order valence-corrected chi connectivity index (χ1v) is 5.73. The third-order valence-corrected chi connectivity index (χ3v) is 3.12. The molecule has 2 heterocycles. The molecule has 1 aromatic rings. The van der Waals surface area contributed by atoms with E-state index in [4.69, 9.17) is 0 Å². The molecule has 2 rings (SSSR count). The average Bonchev–Trinajstić information content (AvgIpc) is 2.55. The molecule has 0 saturated carbocycles. The van der Waals surface area contributed by atoms with Crippen LogP contribution >= 0.6 is 0 Å².